The van der Waals surface area contributed by atoms with Crippen molar-refractivity contribution in [3.05, 3.63) is 53.0 Å². The molecule has 0 unspecified atom stereocenters. The van der Waals surface area contributed by atoms with Crippen LogP contribution in [0.15, 0.2) is 42.5 Å². The highest BCUT2D eigenvalue weighted by Crippen LogP contribution is 2.38. The number of ketones is 1. The molecule has 6 heteroatoms. The minimum Gasteiger partial charge on any atom is -0.493 e. The van der Waals surface area contributed by atoms with E-state index in [-0.39, 0.29) is 5.78 Å². The van der Waals surface area contributed by atoms with Crippen molar-refractivity contribution in [2.45, 2.75) is 0 Å². The van der Waals surface area contributed by atoms with Crippen LogP contribution in [-0.2, 0) is 0 Å². The van der Waals surface area contributed by atoms with Crippen LogP contribution < -0.4 is 14.2 Å². The molecule has 2 aromatic carbocycles. The Morgan fingerprint density at radius 3 is 2.32 bits per heavy atom. The number of allylic oxidation sites excluding steroid dienone is 1. The van der Waals surface area contributed by atoms with Gasteiger partial charge >= 0.3 is 0 Å². The fourth-order valence-corrected chi connectivity index (χ4v) is 3.30. The summed E-state index contributed by atoms with van der Waals surface area (Å²) < 4.78 is 16.9. The van der Waals surface area contributed by atoms with Crippen LogP contribution in [0.3, 0.4) is 0 Å². The number of thiazole rings is 1. The van der Waals surface area contributed by atoms with E-state index in [1.165, 1.54) is 17.4 Å². The third kappa shape index (κ3) is 3.49. The number of hydrogen-bond donors (Lipinski definition) is 0. The van der Waals surface area contributed by atoms with Crippen molar-refractivity contribution in [1.82, 2.24) is 4.98 Å². The Labute approximate surface area is 149 Å². The third-order valence-corrected chi connectivity index (χ3v) is 4.67. The molecule has 0 fully saturated rings. The van der Waals surface area contributed by atoms with Gasteiger partial charge in [0.2, 0.25) is 11.5 Å². The predicted octanol–water partition coefficient (Wildman–Crippen LogP) is 4.22. The van der Waals surface area contributed by atoms with Crippen molar-refractivity contribution in [1.29, 1.82) is 0 Å². The second kappa shape index (κ2) is 7.36. The number of rotatable bonds is 6. The first kappa shape index (κ1) is 17.0. The first-order valence-electron chi connectivity index (χ1n) is 7.54. The minimum absolute atomic E-state index is 0.144. The normalized spacial score (nSPS) is 11.0. The van der Waals surface area contributed by atoms with Crippen LogP contribution in [0.25, 0.3) is 16.3 Å². The Morgan fingerprint density at radius 2 is 1.72 bits per heavy atom. The quantitative estimate of drug-likeness (QED) is 0.489. The van der Waals surface area contributed by atoms with Gasteiger partial charge < -0.3 is 14.2 Å². The molecule has 0 saturated carbocycles. The lowest BCUT2D eigenvalue weighted by Crippen LogP contribution is -1.96. The fraction of sp³-hybridized carbons (Fsp3) is 0.158. The van der Waals surface area contributed by atoms with Crippen LogP contribution in [0.4, 0.5) is 0 Å². The first-order valence-corrected chi connectivity index (χ1v) is 8.36. The molecular weight excluding hydrogens is 338 g/mol. The summed E-state index contributed by atoms with van der Waals surface area (Å²) in [5.74, 6) is 1.44. The Balaban J connectivity index is 1.89. The standard InChI is InChI=1S/C19H17NO4S/c1-22-15-10-12(11-16(23-2)18(15)24-3)8-9-14(21)19-20-13-6-4-5-7-17(13)25-19/h4-11H,1-3H3/b9-8+. The van der Waals surface area contributed by atoms with Crippen molar-refractivity contribution >= 4 is 33.4 Å². The highest BCUT2D eigenvalue weighted by molar-refractivity contribution is 7.20. The van der Waals surface area contributed by atoms with Gasteiger partial charge in [0.25, 0.3) is 0 Å². The van der Waals surface area contributed by atoms with Crippen molar-refractivity contribution < 1.29 is 19.0 Å². The number of carbonyl (C=O) groups is 1. The van der Waals surface area contributed by atoms with E-state index in [0.29, 0.717) is 22.3 Å². The lowest BCUT2D eigenvalue weighted by molar-refractivity contribution is 0.104. The lowest BCUT2D eigenvalue weighted by atomic mass is 10.1. The van der Waals surface area contributed by atoms with Gasteiger partial charge in [-0.05, 0) is 35.9 Å². The van der Waals surface area contributed by atoms with E-state index >= 15 is 0 Å². The molecule has 1 aromatic heterocycles. The second-order valence-electron chi connectivity index (χ2n) is 5.14. The van der Waals surface area contributed by atoms with Gasteiger partial charge in [-0.2, -0.15) is 0 Å². The van der Waals surface area contributed by atoms with E-state index in [9.17, 15) is 4.79 Å². The first-order chi connectivity index (χ1) is 12.2. The van der Waals surface area contributed by atoms with Crippen LogP contribution in [0, 0.1) is 0 Å². The zero-order chi connectivity index (χ0) is 17.8. The molecule has 0 spiro atoms. The number of para-hydroxylation sites is 1. The number of aromatic nitrogens is 1. The highest BCUT2D eigenvalue weighted by Gasteiger charge is 2.13. The van der Waals surface area contributed by atoms with Gasteiger partial charge in [-0.25, -0.2) is 4.98 Å². The Hall–Kier alpha value is -2.86. The van der Waals surface area contributed by atoms with E-state index in [1.807, 2.05) is 24.3 Å². The van der Waals surface area contributed by atoms with Crippen LogP contribution in [0.1, 0.15) is 15.4 Å². The zero-order valence-corrected chi connectivity index (χ0v) is 14.9. The summed E-state index contributed by atoms with van der Waals surface area (Å²) in [4.78, 5) is 16.8. The van der Waals surface area contributed by atoms with Gasteiger partial charge in [-0.15, -0.1) is 11.3 Å². The van der Waals surface area contributed by atoms with E-state index in [1.54, 1.807) is 39.5 Å². The number of hydrogen-bond acceptors (Lipinski definition) is 6. The molecule has 128 valence electrons. The molecule has 25 heavy (non-hydrogen) atoms. The van der Waals surface area contributed by atoms with Crippen LogP contribution in [-0.4, -0.2) is 32.1 Å². The molecule has 3 rings (SSSR count). The van der Waals surface area contributed by atoms with Gasteiger partial charge in [-0.1, -0.05) is 18.2 Å². The molecule has 0 radical (unpaired) electrons. The van der Waals surface area contributed by atoms with Gasteiger partial charge in [0.05, 0.1) is 31.5 Å². The van der Waals surface area contributed by atoms with Crippen molar-refractivity contribution in [3.63, 3.8) is 0 Å². The Morgan fingerprint density at radius 1 is 1.04 bits per heavy atom. The zero-order valence-electron chi connectivity index (χ0n) is 14.1. The average Bonchev–Trinajstić information content (AvgIpc) is 3.09. The molecular formula is C19H17NO4S. The van der Waals surface area contributed by atoms with Crippen LogP contribution in [0.2, 0.25) is 0 Å². The molecule has 0 saturated heterocycles. The minimum atomic E-state index is -0.144. The molecule has 0 bridgehead atoms. The van der Waals surface area contributed by atoms with Gasteiger partial charge in [0.15, 0.2) is 16.5 Å². The maximum absolute atomic E-state index is 12.4. The number of fused-ring (bicyclic) bond motifs is 1. The van der Waals surface area contributed by atoms with E-state index in [4.69, 9.17) is 14.2 Å². The molecule has 0 N–H and O–H groups in total. The predicted molar refractivity (Wildman–Crippen MR) is 99.1 cm³/mol. The van der Waals surface area contributed by atoms with Crippen molar-refractivity contribution in [2.75, 3.05) is 21.3 Å². The number of ether oxygens (including phenoxy) is 3. The summed E-state index contributed by atoms with van der Waals surface area (Å²) in [6.45, 7) is 0. The summed E-state index contributed by atoms with van der Waals surface area (Å²) in [5.41, 5.74) is 1.60. The molecule has 1 heterocycles. The van der Waals surface area contributed by atoms with Gasteiger partial charge in [-0.3, -0.25) is 4.79 Å². The number of benzene rings is 2. The summed E-state index contributed by atoms with van der Waals surface area (Å²) in [6, 6.07) is 11.2. The molecule has 0 amide bonds. The third-order valence-electron chi connectivity index (χ3n) is 3.62. The monoisotopic (exact) mass is 355 g/mol. The number of methoxy groups -OCH3 is 3. The van der Waals surface area contributed by atoms with E-state index < -0.39 is 0 Å². The van der Waals surface area contributed by atoms with E-state index in [2.05, 4.69) is 4.98 Å². The van der Waals surface area contributed by atoms with Crippen LogP contribution >= 0.6 is 11.3 Å². The SMILES string of the molecule is COc1cc(/C=C/C(=O)c2nc3ccccc3s2)cc(OC)c1OC. The Bertz CT molecular complexity index is 887. The van der Waals surface area contributed by atoms with Gasteiger partial charge in [0.1, 0.15) is 0 Å². The summed E-state index contributed by atoms with van der Waals surface area (Å²) >= 11 is 1.38. The van der Waals surface area contributed by atoms with Crippen molar-refractivity contribution in [2.24, 2.45) is 0 Å². The second-order valence-corrected chi connectivity index (χ2v) is 6.17. The Kier molecular flexibility index (Phi) is 5.00. The number of nitrogens with zero attached hydrogens (tertiary/aromatic N) is 1. The highest BCUT2D eigenvalue weighted by atomic mass is 32.1. The fourth-order valence-electron chi connectivity index (χ4n) is 2.42. The molecule has 0 aliphatic rings. The van der Waals surface area contributed by atoms with Gasteiger partial charge in [0, 0.05) is 0 Å². The summed E-state index contributed by atoms with van der Waals surface area (Å²) in [6.07, 6.45) is 3.21. The van der Waals surface area contributed by atoms with Crippen molar-refractivity contribution in [3.8, 4) is 17.2 Å². The topological polar surface area (TPSA) is 57.7 Å². The van der Waals surface area contributed by atoms with Crippen LogP contribution in [0.5, 0.6) is 17.2 Å². The number of carbonyl (C=O) groups excluding carboxylic acids is 1. The summed E-state index contributed by atoms with van der Waals surface area (Å²) in [5, 5.41) is 0.463. The average molecular weight is 355 g/mol. The molecule has 0 aliphatic heterocycles. The molecule has 0 aliphatic carbocycles. The van der Waals surface area contributed by atoms with E-state index in [0.717, 1.165) is 15.8 Å². The largest absolute Gasteiger partial charge is 0.493 e. The molecule has 3 aromatic rings. The smallest absolute Gasteiger partial charge is 0.214 e. The lowest BCUT2D eigenvalue weighted by Gasteiger charge is -2.12. The maximum Gasteiger partial charge on any atom is 0.214 e. The summed E-state index contributed by atoms with van der Waals surface area (Å²) in [7, 11) is 4.65. The molecule has 0 atom stereocenters. The maximum atomic E-state index is 12.4. The molecule has 5 nitrogen and oxygen atoms in total.